The zero-order chi connectivity index (χ0) is 17.8. The van der Waals surface area contributed by atoms with Gasteiger partial charge in [0.15, 0.2) is 0 Å². The third kappa shape index (κ3) is 3.46. The Kier molecular flexibility index (Phi) is 4.17. The molecule has 1 aromatic rings. The normalized spacial score (nSPS) is 35.0. The van der Waals surface area contributed by atoms with Crippen molar-refractivity contribution in [2.45, 2.75) is 87.6 Å². The van der Waals surface area contributed by atoms with Gasteiger partial charge in [0.25, 0.3) is 5.22 Å². The van der Waals surface area contributed by atoms with Crippen molar-refractivity contribution in [2.24, 2.45) is 17.8 Å². The van der Waals surface area contributed by atoms with Gasteiger partial charge in [-0.15, -0.1) is 10.2 Å². The number of amides is 1. The average molecular weight is 364 g/mol. The molecule has 4 aliphatic carbocycles. The van der Waals surface area contributed by atoms with Gasteiger partial charge in [0.05, 0.1) is 5.25 Å². The molecule has 0 unspecified atom stereocenters. The van der Waals surface area contributed by atoms with E-state index < -0.39 is 0 Å². The molecule has 4 bridgehead atoms. The third-order valence-corrected chi connectivity index (χ3v) is 7.06. The highest BCUT2D eigenvalue weighted by atomic mass is 32.2. The SMILES string of the molecule is C[C@H](Sc1nnc(C(C)(C)C)o1)C(=O)NC12CC3CC(CC(C3)C1)C2. The van der Waals surface area contributed by atoms with E-state index in [9.17, 15) is 4.79 Å². The number of nitrogens with one attached hydrogen (secondary N) is 1. The van der Waals surface area contributed by atoms with E-state index in [1.807, 2.05) is 27.7 Å². The van der Waals surface area contributed by atoms with Crippen LogP contribution in [0.5, 0.6) is 0 Å². The first-order valence-electron chi connectivity index (χ1n) is 9.55. The van der Waals surface area contributed by atoms with E-state index in [1.54, 1.807) is 0 Å². The van der Waals surface area contributed by atoms with Crippen molar-refractivity contribution in [2.75, 3.05) is 0 Å². The molecule has 4 fully saturated rings. The second-order valence-corrected chi connectivity index (χ2v) is 10.9. The second-order valence-electron chi connectivity index (χ2n) is 9.57. The molecule has 5 rings (SSSR count). The Hall–Kier alpha value is -1.04. The number of carbonyl (C=O) groups is 1. The summed E-state index contributed by atoms with van der Waals surface area (Å²) < 4.78 is 5.72. The second kappa shape index (κ2) is 6.00. The van der Waals surface area contributed by atoms with Crippen LogP contribution in [0.1, 0.15) is 72.1 Å². The van der Waals surface area contributed by atoms with Gasteiger partial charge in [0.2, 0.25) is 11.8 Å². The lowest BCUT2D eigenvalue weighted by Crippen LogP contribution is -2.60. The highest BCUT2D eigenvalue weighted by Crippen LogP contribution is 2.55. The Bertz CT molecular complexity index is 629. The predicted octanol–water partition coefficient (Wildman–Crippen LogP) is 3.93. The van der Waals surface area contributed by atoms with Gasteiger partial charge < -0.3 is 9.73 Å². The monoisotopic (exact) mass is 363 g/mol. The average Bonchev–Trinajstić information content (AvgIpc) is 2.93. The number of carbonyl (C=O) groups excluding carboxylic acids is 1. The molecule has 25 heavy (non-hydrogen) atoms. The standard InChI is InChI=1S/C19H29N3O2S/c1-11(25-17-22-21-16(24-17)18(2,3)4)15(23)20-19-8-12-5-13(9-19)7-14(6-12)10-19/h11-14H,5-10H2,1-4H3,(H,20,23)/t11-,12?,13?,14?,19?/m0/s1. The zero-order valence-electron chi connectivity index (χ0n) is 15.7. The molecule has 0 aromatic carbocycles. The van der Waals surface area contributed by atoms with E-state index in [-0.39, 0.29) is 22.1 Å². The van der Waals surface area contributed by atoms with Crippen LogP contribution in [0.15, 0.2) is 9.64 Å². The molecule has 0 saturated heterocycles. The molecule has 1 atom stereocenters. The lowest BCUT2D eigenvalue weighted by atomic mass is 9.53. The van der Waals surface area contributed by atoms with E-state index >= 15 is 0 Å². The van der Waals surface area contributed by atoms with Gasteiger partial charge in [-0.25, -0.2) is 0 Å². The number of nitrogens with zero attached hydrogens (tertiary/aromatic N) is 2. The van der Waals surface area contributed by atoms with E-state index in [0.29, 0.717) is 11.1 Å². The molecule has 4 saturated carbocycles. The van der Waals surface area contributed by atoms with Gasteiger partial charge in [0, 0.05) is 11.0 Å². The molecule has 5 nitrogen and oxygen atoms in total. The van der Waals surface area contributed by atoms with Gasteiger partial charge in [-0.2, -0.15) is 0 Å². The maximum atomic E-state index is 12.8. The van der Waals surface area contributed by atoms with Crippen LogP contribution in [0.25, 0.3) is 0 Å². The first kappa shape index (κ1) is 17.4. The van der Waals surface area contributed by atoms with Crippen molar-refractivity contribution in [3.05, 3.63) is 5.89 Å². The van der Waals surface area contributed by atoms with Crippen LogP contribution in [-0.4, -0.2) is 26.9 Å². The van der Waals surface area contributed by atoms with Crippen molar-refractivity contribution >= 4 is 17.7 Å². The van der Waals surface area contributed by atoms with E-state index in [4.69, 9.17) is 4.42 Å². The lowest BCUT2D eigenvalue weighted by molar-refractivity contribution is -0.126. The van der Waals surface area contributed by atoms with Crippen molar-refractivity contribution in [3.63, 3.8) is 0 Å². The maximum absolute atomic E-state index is 12.8. The van der Waals surface area contributed by atoms with Crippen molar-refractivity contribution in [1.29, 1.82) is 0 Å². The summed E-state index contributed by atoms with van der Waals surface area (Å²) in [5.74, 6) is 3.23. The van der Waals surface area contributed by atoms with Crippen LogP contribution in [0.3, 0.4) is 0 Å². The molecule has 1 amide bonds. The number of rotatable bonds is 4. The Balaban J connectivity index is 1.39. The fourth-order valence-corrected chi connectivity index (χ4v) is 6.08. The molecule has 0 radical (unpaired) electrons. The molecule has 6 heteroatoms. The molecule has 1 N–H and O–H groups in total. The van der Waals surface area contributed by atoms with Crippen molar-refractivity contribution in [3.8, 4) is 0 Å². The molecule has 0 aliphatic heterocycles. The third-order valence-electron chi connectivity index (χ3n) is 6.12. The van der Waals surface area contributed by atoms with Crippen LogP contribution in [-0.2, 0) is 10.2 Å². The van der Waals surface area contributed by atoms with E-state index in [0.717, 1.165) is 17.8 Å². The molecule has 1 heterocycles. The quantitative estimate of drug-likeness (QED) is 0.821. The lowest BCUT2D eigenvalue weighted by Gasteiger charge is -2.57. The van der Waals surface area contributed by atoms with Crippen molar-refractivity contribution < 1.29 is 9.21 Å². The fraction of sp³-hybridized carbons (Fsp3) is 0.842. The summed E-state index contributed by atoms with van der Waals surface area (Å²) in [6.07, 6.45) is 7.69. The fourth-order valence-electron chi connectivity index (χ4n) is 5.39. The number of thioether (sulfide) groups is 1. The summed E-state index contributed by atoms with van der Waals surface area (Å²) >= 11 is 1.36. The highest BCUT2D eigenvalue weighted by molar-refractivity contribution is 8.00. The summed E-state index contributed by atoms with van der Waals surface area (Å²) in [6.45, 7) is 8.05. The largest absolute Gasteiger partial charge is 0.415 e. The van der Waals surface area contributed by atoms with Crippen LogP contribution < -0.4 is 5.32 Å². The van der Waals surface area contributed by atoms with Crippen LogP contribution in [0.2, 0.25) is 0 Å². The smallest absolute Gasteiger partial charge is 0.277 e. The topological polar surface area (TPSA) is 68.0 Å². The Morgan fingerprint density at radius 2 is 1.72 bits per heavy atom. The molecular formula is C19H29N3O2S. The van der Waals surface area contributed by atoms with Crippen LogP contribution >= 0.6 is 11.8 Å². The van der Waals surface area contributed by atoms with Crippen LogP contribution in [0.4, 0.5) is 0 Å². The summed E-state index contributed by atoms with van der Waals surface area (Å²) in [4.78, 5) is 12.8. The van der Waals surface area contributed by atoms with E-state index in [1.165, 1.54) is 50.3 Å². The Labute approximate surface area is 154 Å². The molecule has 1 aromatic heterocycles. The summed E-state index contributed by atoms with van der Waals surface area (Å²) in [6, 6.07) is 0. The van der Waals surface area contributed by atoms with Gasteiger partial charge in [-0.3, -0.25) is 4.79 Å². The maximum Gasteiger partial charge on any atom is 0.277 e. The summed E-state index contributed by atoms with van der Waals surface area (Å²) in [7, 11) is 0. The molecular weight excluding hydrogens is 334 g/mol. The van der Waals surface area contributed by atoms with Gasteiger partial charge in [0.1, 0.15) is 0 Å². The minimum absolute atomic E-state index is 0.0616. The van der Waals surface area contributed by atoms with E-state index in [2.05, 4.69) is 15.5 Å². The molecule has 0 spiro atoms. The van der Waals surface area contributed by atoms with Gasteiger partial charge in [-0.1, -0.05) is 32.5 Å². The zero-order valence-corrected chi connectivity index (χ0v) is 16.5. The van der Waals surface area contributed by atoms with Gasteiger partial charge in [-0.05, 0) is 63.2 Å². The summed E-state index contributed by atoms with van der Waals surface area (Å²) in [5.41, 5.74) is -0.109. The number of hydrogen-bond donors (Lipinski definition) is 1. The summed E-state index contributed by atoms with van der Waals surface area (Å²) in [5, 5.41) is 11.9. The number of aromatic nitrogens is 2. The van der Waals surface area contributed by atoms with Crippen molar-refractivity contribution in [1.82, 2.24) is 15.5 Å². The number of hydrogen-bond acceptors (Lipinski definition) is 5. The highest BCUT2D eigenvalue weighted by Gasteiger charge is 2.51. The minimum atomic E-state index is -0.221. The Morgan fingerprint density at radius 3 is 2.20 bits per heavy atom. The molecule has 4 aliphatic rings. The molecule has 138 valence electrons. The predicted molar refractivity (Wildman–Crippen MR) is 97.4 cm³/mol. The minimum Gasteiger partial charge on any atom is -0.415 e. The van der Waals surface area contributed by atoms with Crippen LogP contribution in [0, 0.1) is 17.8 Å². The Morgan fingerprint density at radius 1 is 1.16 bits per heavy atom. The van der Waals surface area contributed by atoms with Gasteiger partial charge >= 0.3 is 0 Å². The first-order valence-corrected chi connectivity index (χ1v) is 10.4. The first-order chi connectivity index (χ1) is 11.7.